The average molecular weight is 747 g/mol. The number of rotatable bonds is 11. The van der Waals surface area contributed by atoms with E-state index in [1.165, 1.54) is 0 Å². The lowest BCUT2D eigenvalue weighted by molar-refractivity contribution is -0.148. The van der Waals surface area contributed by atoms with Crippen molar-refractivity contribution >= 4 is 52.4 Å². The fourth-order valence-corrected chi connectivity index (χ4v) is 9.43. The van der Waals surface area contributed by atoms with E-state index < -0.39 is 11.4 Å². The number of nitrogens with zero attached hydrogens (tertiary/aromatic N) is 5. The van der Waals surface area contributed by atoms with Crippen LogP contribution < -0.4 is 10.6 Å². The Balaban J connectivity index is 1.06. The number of carbonyl (C=O) groups excluding carboxylic acids is 2. The van der Waals surface area contributed by atoms with E-state index in [-0.39, 0.29) is 17.2 Å². The lowest BCUT2D eigenvalue weighted by Gasteiger charge is -2.35. The van der Waals surface area contributed by atoms with E-state index >= 15 is 0 Å². The Morgan fingerprint density at radius 2 is 1.46 bits per heavy atom. The summed E-state index contributed by atoms with van der Waals surface area (Å²) in [4.78, 5) is 50.9. The van der Waals surface area contributed by atoms with Crippen molar-refractivity contribution in [3.05, 3.63) is 80.9 Å². The van der Waals surface area contributed by atoms with Crippen molar-refractivity contribution in [2.24, 2.45) is 24.9 Å². The van der Waals surface area contributed by atoms with Crippen LogP contribution in [0.2, 0.25) is 10.0 Å². The van der Waals surface area contributed by atoms with Gasteiger partial charge in [0.2, 0.25) is 0 Å². The maximum Gasteiger partial charge on any atom is 0.309 e. The number of aliphatic carboxylic acids is 1. The van der Waals surface area contributed by atoms with Gasteiger partial charge >= 0.3 is 5.97 Å². The maximum absolute atomic E-state index is 13.7. The highest BCUT2D eigenvalue weighted by atomic mass is 35.5. The fraction of sp³-hybridized carbons (Fsp3) is 0.462. The first-order valence-electron chi connectivity index (χ1n) is 18.1. The zero-order valence-electron chi connectivity index (χ0n) is 30.1. The first-order valence-corrected chi connectivity index (χ1v) is 18.9. The molecule has 274 valence electrons. The molecule has 2 saturated carbocycles. The van der Waals surface area contributed by atoms with Crippen LogP contribution in [-0.2, 0) is 44.7 Å². The Hall–Kier alpha value is -4.19. The largest absolute Gasteiger partial charge is 0.481 e. The third-order valence-corrected chi connectivity index (χ3v) is 12.5. The van der Waals surface area contributed by atoms with Crippen molar-refractivity contribution in [2.75, 3.05) is 23.7 Å². The summed E-state index contributed by atoms with van der Waals surface area (Å²) in [7, 11) is 3.72. The number of halogens is 2. The molecule has 2 aromatic carbocycles. The van der Waals surface area contributed by atoms with Crippen molar-refractivity contribution in [3.63, 3.8) is 0 Å². The van der Waals surface area contributed by atoms with Gasteiger partial charge in [0.05, 0.1) is 38.2 Å². The molecule has 7 rings (SSSR count). The molecule has 2 bridgehead atoms. The van der Waals surface area contributed by atoms with Crippen LogP contribution in [0.1, 0.15) is 96.4 Å². The van der Waals surface area contributed by atoms with Gasteiger partial charge in [-0.1, -0.05) is 67.7 Å². The number of hydrogen-bond acceptors (Lipinski definition) is 6. The molecule has 2 fully saturated rings. The van der Waals surface area contributed by atoms with Crippen molar-refractivity contribution in [3.8, 4) is 11.1 Å². The number of aromatic nitrogens is 4. The van der Waals surface area contributed by atoms with Crippen LogP contribution in [-0.4, -0.2) is 60.0 Å². The van der Waals surface area contributed by atoms with Gasteiger partial charge < -0.3 is 24.9 Å². The van der Waals surface area contributed by atoms with Crippen LogP contribution in [0.5, 0.6) is 0 Å². The van der Waals surface area contributed by atoms with Crippen LogP contribution >= 0.6 is 23.2 Å². The summed E-state index contributed by atoms with van der Waals surface area (Å²) >= 11 is 13.9. The van der Waals surface area contributed by atoms with Gasteiger partial charge in [0, 0.05) is 62.7 Å². The monoisotopic (exact) mass is 745 g/mol. The number of aryl methyl sites for hydroxylation is 1. The molecule has 0 radical (unpaired) electrons. The molecule has 2 aliphatic carbocycles. The molecule has 2 amide bonds. The molecule has 1 aliphatic heterocycles. The van der Waals surface area contributed by atoms with E-state index in [1.54, 1.807) is 24.3 Å². The van der Waals surface area contributed by atoms with Gasteiger partial charge in [-0.25, -0.2) is 9.97 Å². The molecular formula is C39H45Cl2N7O4. The average Bonchev–Trinajstić information content (AvgIpc) is 3.87. The molecule has 13 heteroatoms. The van der Waals surface area contributed by atoms with Crippen LogP contribution in [0.4, 0.5) is 11.4 Å². The Labute approximate surface area is 313 Å². The third kappa shape index (κ3) is 6.30. The number of benzene rings is 2. The number of amides is 2. The molecule has 0 saturated heterocycles. The minimum absolute atomic E-state index is 0.0522. The quantitative estimate of drug-likeness (QED) is 0.144. The maximum atomic E-state index is 13.7. The second kappa shape index (κ2) is 14.0. The number of anilines is 2. The van der Waals surface area contributed by atoms with E-state index in [0.29, 0.717) is 50.7 Å². The van der Waals surface area contributed by atoms with Crippen LogP contribution in [0.25, 0.3) is 11.1 Å². The highest BCUT2D eigenvalue weighted by molar-refractivity contribution is 6.40. The predicted molar refractivity (Wildman–Crippen MR) is 202 cm³/mol. The molecular weight excluding hydrogens is 701 g/mol. The van der Waals surface area contributed by atoms with E-state index in [1.807, 2.05) is 42.3 Å². The lowest BCUT2D eigenvalue weighted by atomic mass is 9.81. The van der Waals surface area contributed by atoms with Gasteiger partial charge in [0.25, 0.3) is 11.8 Å². The van der Waals surface area contributed by atoms with E-state index in [4.69, 9.17) is 28.2 Å². The molecule has 52 heavy (non-hydrogen) atoms. The number of nitrogens with one attached hydrogen (secondary N) is 2. The summed E-state index contributed by atoms with van der Waals surface area (Å²) in [5.41, 5.74) is 5.39. The minimum atomic E-state index is -0.647. The number of hydrogen-bond donors (Lipinski definition) is 3. The van der Waals surface area contributed by atoms with Gasteiger partial charge in [-0.2, -0.15) is 0 Å². The summed E-state index contributed by atoms with van der Waals surface area (Å²) in [5.74, 6) is -0.768. The number of carbonyl (C=O) groups is 3. The Morgan fingerprint density at radius 3 is 2.00 bits per heavy atom. The van der Waals surface area contributed by atoms with E-state index in [0.717, 1.165) is 93.7 Å². The van der Waals surface area contributed by atoms with Gasteiger partial charge in [-0.15, -0.1) is 0 Å². The SMILES string of the molecule is CCCc1c(CC)nc(C(=O)Nc2cccc(-c3cccc(NC(=O)c4nc5c(n4C)CCN(CC46CCC(C(=O)O)(CC4)C6)C5)c3Cl)c2Cl)n1C. The molecule has 11 nitrogen and oxygen atoms in total. The van der Waals surface area contributed by atoms with E-state index in [2.05, 4.69) is 27.4 Å². The number of carboxylic acids is 1. The standard InChI is InChI=1S/C39H45Cl2N7O4/c1-5-9-29-25(6-2)42-33(46(29)3)35(49)44-26-12-7-10-23(31(26)40)24-11-8-13-27(32(24)41)45-36(50)34-43-28-20-48(19-14-30(28)47(34)4)22-38-15-17-39(21-38,18-16-38)37(51)52/h7-8,10-13H,5-6,9,14-22H2,1-4H3,(H,44,49)(H,45,50)(H,51,52). The van der Waals surface area contributed by atoms with Crippen molar-refractivity contribution in [2.45, 2.75) is 78.2 Å². The molecule has 3 aliphatic rings. The summed E-state index contributed by atoms with van der Waals surface area (Å²) in [6.45, 7) is 6.45. The Kier molecular flexibility index (Phi) is 9.73. The van der Waals surface area contributed by atoms with Gasteiger partial charge in [0.1, 0.15) is 0 Å². The highest BCUT2D eigenvalue weighted by Gasteiger charge is 2.58. The van der Waals surface area contributed by atoms with Gasteiger partial charge in [0.15, 0.2) is 11.6 Å². The summed E-state index contributed by atoms with van der Waals surface area (Å²) in [6, 6.07) is 10.7. The van der Waals surface area contributed by atoms with Gasteiger partial charge in [-0.3, -0.25) is 19.3 Å². The van der Waals surface area contributed by atoms with Crippen LogP contribution in [0, 0.1) is 10.8 Å². The topological polar surface area (TPSA) is 134 Å². The van der Waals surface area contributed by atoms with Crippen LogP contribution in [0.3, 0.4) is 0 Å². The van der Waals surface area contributed by atoms with E-state index in [9.17, 15) is 19.5 Å². The number of imidazole rings is 2. The molecule has 4 aromatic rings. The second-order valence-electron chi connectivity index (χ2n) is 14.8. The summed E-state index contributed by atoms with van der Waals surface area (Å²) in [6.07, 6.45) is 7.46. The van der Waals surface area contributed by atoms with Gasteiger partial charge in [-0.05, 0) is 62.5 Å². The zero-order valence-corrected chi connectivity index (χ0v) is 31.6. The highest BCUT2D eigenvalue weighted by Crippen LogP contribution is 2.62. The number of carboxylic acid groups (broad SMARTS) is 1. The zero-order chi connectivity index (χ0) is 36.9. The Morgan fingerprint density at radius 1 is 0.865 bits per heavy atom. The number of fused-ring (bicyclic) bond motifs is 3. The summed E-state index contributed by atoms with van der Waals surface area (Å²) < 4.78 is 3.71. The molecule has 2 aromatic heterocycles. The van der Waals surface area contributed by atoms with Crippen molar-refractivity contribution < 1.29 is 19.5 Å². The molecule has 3 heterocycles. The first-order chi connectivity index (χ1) is 24.9. The molecule has 0 atom stereocenters. The Bertz CT molecular complexity index is 2080. The predicted octanol–water partition coefficient (Wildman–Crippen LogP) is 7.54. The fourth-order valence-electron chi connectivity index (χ4n) is 8.88. The minimum Gasteiger partial charge on any atom is -0.481 e. The van der Waals surface area contributed by atoms with Crippen LogP contribution in [0.15, 0.2) is 36.4 Å². The van der Waals surface area contributed by atoms with Crippen molar-refractivity contribution in [1.82, 2.24) is 24.0 Å². The molecule has 0 spiro atoms. The first kappa shape index (κ1) is 36.2. The second-order valence-corrected chi connectivity index (χ2v) is 15.6. The normalized spacial score (nSPS) is 21.0. The molecule has 0 unspecified atom stereocenters. The smallest absolute Gasteiger partial charge is 0.309 e. The summed E-state index contributed by atoms with van der Waals surface area (Å²) in [5, 5.41) is 16.4. The van der Waals surface area contributed by atoms with Crippen molar-refractivity contribution in [1.29, 1.82) is 0 Å². The molecule has 3 N–H and O–H groups in total. The third-order valence-electron chi connectivity index (χ3n) is 11.6. The lowest BCUT2D eigenvalue weighted by Crippen LogP contribution is -2.39.